The molecule has 0 spiro atoms. The van der Waals surface area contributed by atoms with E-state index in [1.165, 1.54) is 26.9 Å². The maximum atomic E-state index is 13.4. The fourth-order valence-electron chi connectivity index (χ4n) is 4.99. The number of fused-ring (bicyclic) bond motifs is 1. The maximum Gasteiger partial charge on any atom is 0.227 e. The molecular formula is C25H30N4OS. The van der Waals surface area contributed by atoms with Crippen molar-refractivity contribution in [2.45, 2.75) is 26.7 Å². The first-order chi connectivity index (χ1) is 15.1. The number of amides is 1. The average Bonchev–Trinajstić information content (AvgIpc) is 3.29. The molecule has 4 heterocycles. The summed E-state index contributed by atoms with van der Waals surface area (Å²) in [6, 6.07) is 10.9. The number of anilines is 2. The molecule has 3 aromatic rings. The van der Waals surface area contributed by atoms with Gasteiger partial charge in [-0.1, -0.05) is 12.1 Å². The van der Waals surface area contributed by atoms with Gasteiger partial charge in [0, 0.05) is 61.2 Å². The standard InChI is InChI=1S/C25H30N4OS/c1-18-5-6-19(2)22(16-18)27-11-13-28(14-12-27)25(30)20-4-3-10-29(17-20)24-21-8-15-31-23(21)7-9-26-24/h5-9,15-16,20H,3-4,10-14,17H2,1-2H3/t20-/m1/s1. The Bertz CT molecular complexity index is 1090. The Labute approximate surface area is 188 Å². The fraction of sp³-hybridized carbons (Fsp3) is 0.440. The molecule has 5 rings (SSSR count). The molecule has 0 saturated carbocycles. The first-order valence-corrected chi connectivity index (χ1v) is 12.2. The highest BCUT2D eigenvalue weighted by Gasteiger charge is 2.32. The highest BCUT2D eigenvalue weighted by Crippen LogP contribution is 2.32. The summed E-state index contributed by atoms with van der Waals surface area (Å²) in [7, 11) is 0. The molecule has 6 heteroatoms. The van der Waals surface area contributed by atoms with Crippen molar-refractivity contribution in [1.82, 2.24) is 9.88 Å². The van der Waals surface area contributed by atoms with E-state index < -0.39 is 0 Å². The van der Waals surface area contributed by atoms with Gasteiger partial charge in [0.2, 0.25) is 5.91 Å². The van der Waals surface area contributed by atoms with Crippen LogP contribution in [0.25, 0.3) is 10.1 Å². The topological polar surface area (TPSA) is 39.7 Å². The van der Waals surface area contributed by atoms with Crippen LogP contribution in [0.5, 0.6) is 0 Å². The number of hydrogen-bond acceptors (Lipinski definition) is 5. The number of benzene rings is 1. The number of carbonyl (C=O) groups is 1. The van der Waals surface area contributed by atoms with E-state index in [9.17, 15) is 4.79 Å². The molecule has 31 heavy (non-hydrogen) atoms. The van der Waals surface area contributed by atoms with E-state index in [1.807, 2.05) is 6.20 Å². The molecule has 1 aromatic carbocycles. The number of aryl methyl sites for hydroxylation is 2. The second-order valence-electron chi connectivity index (χ2n) is 8.85. The molecule has 0 N–H and O–H groups in total. The van der Waals surface area contributed by atoms with Gasteiger partial charge in [-0.15, -0.1) is 11.3 Å². The van der Waals surface area contributed by atoms with Crippen LogP contribution in [0.3, 0.4) is 0 Å². The van der Waals surface area contributed by atoms with Gasteiger partial charge in [-0.05, 0) is 61.4 Å². The van der Waals surface area contributed by atoms with E-state index in [0.29, 0.717) is 5.91 Å². The molecule has 0 bridgehead atoms. The van der Waals surface area contributed by atoms with Crippen LogP contribution in [0, 0.1) is 19.8 Å². The third-order valence-electron chi connectivity index (χ3n) is 6.73. The second-order valence-corrected chi connectivity index (χ2v) is 9.80. The minimum absolute atomic E-state index is 0.0664. The summed E-state index contributed by atoms with van der Waals surface area (Å²) in [6.45, 7) is 9.49. The summed E-state index contributed by atoms with van der Waals surface area (Å²) in [4.78, 5) is 24.9. The number of rotatable bonds is 3. The van der Waals surface area contributed by atoms with Crippen molar-refractivity contribution in [1.29, 1.82) is 0 Å². The molecule has 2 aromatic heterocycles. The molecule has 0 unspecified atom stereocenters. The SMILES string of the molecule is Cc1ccc(C)c(N2CCN(C(=O)[C@@H]3CCCN(c4nccc5sccc45)C3)CC2)c1. The predicted molar refractivity (Wildman–Crippen MR) is 129 cm³/mol. The number of hydrogen-bond donors (Lipinski definition) is 0. The largest absolute Gasteiger partial charge is 0.368 e. The first-order valence-electron chi connectivity index (χ1n) is 11.3. The lowest BCUT2D eigenvalue weighted by molar-refractivity contribution is -0.136. The fourth-order valence-corrected chi connectivity index (χ4v) is 5.77. The smallest absolute Gasteiger partial charge is 0.227 e. The monoisotopic (exact) mass is 434 g/mol. The quantitative estimate of drug-likeness (QED) is 0.609. The molecule has 2 fully saturated rings. The molecule has 2 aliphatic rings. The molecule has 1 atom stereocenters. The highest BCUT2D eigenvalue weighted by molar-refractivity contribution is 7.17. The van der Waals surface area contributed by atoms with Crippen molar-refractivity contribution in [3.63, 3.8) is 0 Å². The number of pyridine rings is 1. The van der Waals surface area contributed by atoms with Gasteiger partial charge in [-0.25, -0.2) is 4.98 Å². The Hall–Kier alpha value is -2.60. The Morgan fingerprint density at radius 2 is 1.87 bits per heavy atom. The first kappa shape index (κ1) is 20.3. The average molecular weight is 435 g/mol. The summed E-state index contributed by atoms with van der Waals surface area (Å²) in [6.07, 6.45) is 3.92. The molecular weight excluding hydrogens is 404 g/mol. The molecule has 0 aliphatic carbocycles. The number of aromatic nitrogens is 1. The zero-order valence-electron chi connectivity index (χ0n) is 18.4. The van der Waals surface area contributed by atoms with Crippen molar-refractivity contribution in [2.24, 2.45) is 5.92 Å². The van der Waals surface area contributed by atoms with Crippen molar-refractivity contribution >= 4 is 38.8 Å². The molecule has 1 amide bonds. The van der Waals surface area contributed by atoms with Gasteiger partial charge < -0.3 is 14.7 Å². The third kappa shape index (κ3) is 4.01. The van der Waals surface area contributed by atoms with Crippen LogP contribution in [-0.4, -0.2) is 55.1 Å². The van der Waals surface area contributed by atoms with Crippen molar-refractivity contribution in [3.8, 4) is 0 Å². The number of thiophene rings is 1. The minimum atomic E-state index is 0.0664. The molecule has 2 aliphatic heterocycles. The van der Waals surface area contributed by atoms with Gasteiger partial charge in [-0.3, -0.25) is 4.79 Å². The zero-order chi connectivity index (χ0) is 21.4. The van der Waals surface area contributed by atoms with Crippen LogP contribution in [-0.2, 0) is 4.79 Å². The summed E-state index contributed by atoms with van der Waals surface area (Å²) in [5.41, 5.74) is 3.91. The summed E-state index contributed by atoms with van der Waals surface area (Å²) < 4.78 is 1.26. The summed E-state index contributed by atoms with van der Waals surface area (Å²) in [5, 5.41) is 3.33. The van der Waals surface area contributed by atoms with Crippen LogP contribution in [0.15, 0.2) is 41.9 Å². The normalized spacial score (nSPS) is 19.8. The molecule has 2 saturated heterocycles. The second kappa shape index (κ2) is 8.50. The van der Waals surface area contributed by atoms with Gasteiger partial charge in [0.25, 0.3) is 0 Å². The van der Waals surface area contributed by atoms with Crippen LogP contribution in [0.4, 0.5) is 11.5 Å². The van der Waals surface area contributed by atoms with E-state index in [1.54, 1.807) is 11.3 Å². The lowest BCUT2D eigenvalue weighted by Gasteiger charge is -2.40. The van der Waals surface area contributed by atoms with E-state index in [0.717, 1.165) is 57.9 Å². The number of carbonyl (C=O) groups excluding carboxylic acids is 1. The van der Waals surface area contributed by atoms with Gasteiger partial charge in [0.15, 0.2) is 0 Å². The Morgan fingerprint density at radius 3 is 2.71 bits per heavy atom. The van der Waals surface area contributed by atoms with Gasteiger partial charge in [-0.2, -0.15) is 0 Å². The summed E-state index contributed by atoms with van der Waals surface area (Å²) >= 11 is 1.75. The lowest BCUT2D eigenvalue weighted by atomic mass is 9.96. The predicted octanol–water partition coefficient (Wildman–Crippen LogP) is 4.48. The van der Waals surface area contributed by atoms with Crippen LogP contribution in [0.2, 0.25) is 0 Å². The lowest BCUT2D eigenvalue weighted by Crippen LogP contribution is -2.52. The Balaban J connectivity index is 1.24. The highest BCUT2D eigenvalue weighted by atomic mass is 32.1. The van der Waals surface area contributed by atoms with Gasteiger partial charge in [0.1, 0.15) is 5.82 Å². The number of piperazine rings is 1. The maximum absolute atomic E-state index is 13.4. The van der Waals surface area contributed by atoms with E-state index >= 15 is 0 Å². The number of piperidine rings is 1. The van der Waals surface area contributed by atoms with Crippen LogP contribution in [0.1, 0.15) is 24.0 Å². The molecule has 5 nitrogen and oxygen atoms in total. The Kier molecular flexibility index (Phi) is 5.57. The Morgan fingerprint density at radius 1 is 1.03 bits per heavy atom. The third-order valence-corrected chi connectivity index (χ3v) is 7.61. The van der Waals surface area contributed by atoms with Crippen molar-refractivity contribution in [2.75, 3.05) is 49.1 Å². The van der Waals surface area contributed by atoms with Crippen molar-refractivity contribution < 1.29 is 4.79 Å². The molecule has 0 radical (unpaired) electrons. The van der Waals surface area contributed by atoms with Crippen molar-refractivity contribution in [3.05, 3.63) is 53.0 Å². The summed E-state index contributed by atoms with van der Waals surface area (Å²) in [5.74, 6) is 1.43. The number of nitrogens with zero attached hydrogens (tertiary/aromatic N) is 4. The van der Waals surface area contributed by atoms with E-state index in [4.69, 9.17) is 0 Å². The van der Waals surface area contributed by atoms with Crippen LogP contribution >= 0.6 is 11.3 Å². The van der Waals surface area contributed by atoms with Gasteiger partial charge >= 0.3 is 0 Å². The van der Waals surface area contributed by atoms with E-state index in [-0.39, 0.29) is 5.92 Å². The zero-order valence-corrected chi connectivity index (χ0v) is 19.2. The van der Waals surface area contributed by atoms with Crippen LogP contribution < -0.4 is 9.80 Å². The minimum Gasteiger partial charge on any atom is -0.368 e. The van der Waals surface area contributed by atoms with E-state index in [2.05, 4.69) is 69.2 Å². The molecule has 162 valence electrons. The van der Waals surface area contributed by atoms with Gasteiger partial charge in [0.05, 0.1) is 5.92 Å².